The zero-order chi connectivity index (χ0) is 14.0. The van der Waals surface area contributed by atoms with Gasteiger partial charge < -0.3 is 0 Å². The SMILES string of the molecule is CCS(=O)(=O)N(Cc1ccc(C(C)C)cc1)C1CC1. The van der Waals surface area contributed by atoms with Crippen LogP contribution in [-0.4, -0.2) is 24.5 Å². The summed E-state index contributed by atoms with van der Waals surface area (Å²) in [5.74, 6) is 0.695. The molecule has 1 aromatic carbocycles. The summed E-state index contributed by atoms with van der Waals surface area (Å²) in [6.45, 7) is 6.55. The van der Waals surface area contributed by atoms with E-state index in [1.807, 2.05) is 0 Å². The lowest BCUT2D eigenvalue weighted by Crippen LogP contribution is -2.33. The van der Waals surface area contributed by atoms with E-state index in [4.69, 9.17) is 0 Å². The molecule has 0 amide bonds. The molecule has 19 heavy (non-hydrogen) atoms. The Hall–Kier alpha value is -0.870. The number of rotatable bonds is 6. The standard InChI is InChI=1S/C15H23NO2S/c1-4-19(17,18)16(15-9-10-15)11-13-5-7-14(8-6-13)12(2)3/h5-8,12,15H,4,9-11H2,1-3H3. The van der Waals surface area contributed by atoms with Crippen LogP contribution in [0.2, 0.25) is 0 Å². The van der Waals surface area contributed by atoms with E-state index < -0.39 is 10.0 Å². The van der Waals surface area contributed by atoms with Gasteiger partial charge in [0.15, 0.2) is 0 Å². The van der Waals surface area contributed by atoms with E-state index in [9.17, 15) is 8.42 Å². The van der Waals surface area contributed by atoms with Crippen molar-refractivity contribution in [3.8, 4) is 0 Å². The molecule has 0 aliphatic heterocycles. The van der Waals surface area contributed by atoms with Crippen LogP contribution < -0.4 is 0 Å². The third kappa shape index (κ3) is 3.57. The second-order valence-corrected chi connectivity index (χ2v) is 7.78. The molecule has 0 saturated heterocycles. The highest BCUT2D eigenvalue weighted by Gasteiger charge is 2.36. The van der Waals surface area contributed by atoms with E-state index >= 15 is 0 Å². The number of hydrogen-bond acceptors (Lipinski definition) is 2. The van der Waals surface area contributed by atoms with E-state index in [1.165, 1.54) is 5.56 Å². The van der Waals surface area contributed by atoms with Gasteiger partial charge in [-0.1, -0.05) is 38.1 Å². The molecule has 0 bridgehead atoms. The van der Waals surface area contributed by atoms with E-state index in [0.717, 1.165) is 18.4 Å². The first-order valence-corrected chi connectivity index (χ1v) is 8.63. The Morgan fingerprint density at radius 1 is 1.21 bits per heavy atom. The number of benzene rings is 1. The van der Waals surface area contributed by atoms with Crippen molar-refractivity contribution in [2.24, 2.45) is 0 Å². The molecule has 0 heterocycles. The van der Waals surface area contributed by atoms with Crippen LogP contribution in [0, 0.1) is 0 Å². The predicted molar refractivity (Wildman–Crippen MR) is 78.6 cm³/mol. The Balaban J connectivity index is 2.13. The van der Waals surface area contributed by atoms with Crippen molar-refractivity contribution in [2.75, 3.05) is 5.75 Å². The molecule has 1 aliphatic carbocycles. The zero-order valence-corrected chi connectivity index (χ0v) is 12.8. The third-order valence-electron chi connectivity index (χ3n) is 3.66. The maximum absolute atomic E-state index is 12.1. The van der Waals surface area contributed by atoms with E-state index in [0.29, 0.717) is 12.5 Å². The Kier molecular flexibility index (Phi) is 4.31. The Bertz CT molecular complexity index is 516. The van der Waals surface area contributed by atoms with Crippen LogP contribution in [0.15, 0.2) is 24.3 Å². The summed E-state index contributed by atoms with van der Waals surface area (Å²) in [6.07, 6.45) is 2.01. The predicted octanol–water partition coefficient (Wildman–Crippen LogP) is 3.12. The lowest BCUT2D eigenvalue weighted by Gasteiger charge is -2.21. The maximum atomic E-state index is 12.1. The smallest absolute Gasteiger partial charge is 0.212 e. The van der Waals surface area contributed by atoms with Crippen molar-refractivity contribution in [2.45, 2.75) is 52.1 Å². The number of nitrogens with zero attached hydrogens (tertiary/aromatic N) is 1. The number of sulfonamides is 1. The monoisotopic (exact) mass is 281 g/mol. The van der Waals surface area contributed by atoms with Crippen LogP contribution >= 0.6 is 0 Å². The van der Waals surface area contributed by atoms with Crippen LogP contribution in [0.1, 0.15) is 50.7 Å². The molecular weight excluding hydrogens is 258 g/mol. The number of hydrogen-bond donors (Lipinski definition) is 0. The van der Waals surface area contributed by atoms with Crippen molar-refractivity contribution in [3.63, 3.8) is 0 Å². The van der Waals surface area contributed by atoms with Crippen molar-refractivity contribution in [1.29, 1.82) is 0 Å². The van der Waals surface area contributed by atoms with Gasteiger partial charge in [-0.2, -0.15) is 4.31 Å². The summed E-state index contributed by atoms with van der Waals surface area (Å²) in [6, 6.07) is 8.54. The molecule has 1 aromatic rings. The fraction of sp³-hybridized carbons (Fsp3) is 0.600. The van der Waals surface area contributed by atoms with Gasteiger partial charge in [-0.3, -0.25) is 0 Å². The van der Waals surface area contributed by atoms with Gasteiger partial charge in [0.05, 0.1) is 5.75 Å². The molecule has 2 rings (SSSR count). The molecule has 0 N–H and O–H groups in total. The summed E-state index contributed by atoms with van der Waals surface area (Å²) >= 11 is 0. The highest BCUT2D eigenvalue weighted by Crippen LogP contribution is 2.31. The lowest BCUT2D eigenvalue weighted by molar-refractivity contribution is 0.399. The first-order chi connectivity index (χ1) is 8.94. The average molecular weight is 281 g/mol. The molecule has 1 fully saturated rings. The highest BCUT2D eigenvalue weighted by atomic mass is 32.2. The summed E-state index contributed by atoms with van der Waals surface area (Å²) in [5, 5.41) is 0. The van der Waals surface area contributed by atoms with Gasteiger partial charge in [-0.15, -0.1) is 0 Å². The minimum absolute atomic E-state index is 0.188. The molecule has 0 atom stereocenters. The van der Waals surface area contributed by atoms with Gasteiger partial charge in [0.1, 0.15) is 0 Å². The second-order valence-electron chi connectivity index (χ2n) is 5.57. The van der Waals surface area contributed by atoms with E-state index in [-0.39, 0.29) is 11.8 Å². The van der Waals surface area contributed by atoms with Gasteiger partial charge in [-0.05, 0) is 36.8 Å². The van der Waals surface area contributed by atoms with Crippen molar-refractivity contribution in [3.05, 3.63) is 35.4 Å². The summed E-state index contributed by atoms with van der Waals surface area (Å²) in [4.78, 5) is 0. The van der Waals surface area contributed by atoms with Crippen molar-refractivity contribution < 1.29 is 8.42 Å². The normalized spacial score (nSPS) is 16.3. The van der Waals surface area contributed by atoms with Gasteiger partial charge in [0.25, 0.3) is 0 Å². The largest absolute Gasteiger partial charge is 0.214 e. The molecule has 4 heteroatoms. The fourth-order valence-corrected chi connectivity index (χ4v) is 3.51. The molecule has 0 aromatic heterocycles. The summed E-state index contributed by atoms with van der Waals surface area (Å²) < 4.78 is 25.9. The van der Waals surface area contributed by atoms with Crippen LogP contribution in [-0.2, 0) is 16.6 Å². The van der Waals surface area contributed by atoms with Crippen LogP contribution in [0.3, 0.4) is 0 Å². The lowest BCUT2D eigenvalue weighted by atomic mass is 10.0. The molecule has 106 valence electrons. The van der Waals surface area contributed by atoms with Gasteiger partial charge in [0.2, 0.25) is 10.0 Å². The van der Waals surface area contributed by atoms with Crippen molar-refractivity contribution >= 4 is 10.0 Å². The Morgan fingerprint density at radius 3 is 2.21 bits per heavy atom. The molecule has 0 radical (unpaired) electrons. The van der Waals surface area contributed by atoms with Crippen molar-refractivity contribution in [1.82, 2.24) is 4.31 Å². The van der Waals surface area contributed by atoms with Gasteiger partial charge >= 0.3 is 0 Å². The van der Waals surface area contributed by atoms with Crippen LogP contribution in [0.25, 0.3) is 0 Å². The quantitative estimate of drug-likeness (QED) is 0.803. The van der Waals surface area contributed by atoms with Gasteiger partial charge in [0, 0.05) is 12.6 Å². The van der Waals surface area contributed by atoms with Gasteiger partial charge in [-0.25, -0.2) is 8.42 Å². The third-order valence-corrected chi connectivity index (χ3v) is 5.53. The second kappa shape index (κ2) is 5.63. The molecule has 1 saturated carbocycles. The molecule has 3 nitrogen and oxygen atoms in total. The van der Waals surface area contributed by atoms with Crippen LogP contribution in [0.4, 0.5) is 0 Å². The first kappa shape index (κ1) is 14.5. The molecule has 0 unspecified atom stereocenters. The topological polar surface area (TPSA) is 37.4 Å². The Morgan fingerprint density at radius 2 is 1.79 bits per heavy atom. The molecular formula is C15H23NO2S. The van der Waals surface area contributed by atoms with Crippen LogP contribution in [0.5, 0.6) is 0 Å². The molecule has 1 aliphatic rings. The minimum atomic E-state index is -3.09. The summed E-state index contributed by atoms with van der Waals surface area (Å²) in [5.41, 5.74) is 2.37. The summed E-state index contributed by atoms with van der Waals surface area (Å²) in [7, 11) is -3.09. The highest BCUT2D eigenvalue weighted by molar-refractivity contribution is 7.89. The Labute approximate surface area is 116 Å². The molecule has 0 spiro atoms. The van der Waals surface area contributed by atoms with E-state index in [2.05, 4.69) is 38.1 Å². The zero-order valence-electron chi connectivity index (χ0n) is 12.0. The maximum Gasteiger partial charge on any atom is 0.214 e. The average Bonchev–Trinajstić information content (AvgIpc) is 3.20. The first-order valence-electron chi connectivity index (χ1n) is 7.02. The van der Waals surface area contributed by atoms with E-state index in [1.54, 1.807) is 11.2 Å². The fourth-order valence-electron chi connectivity index (χ4n) is 2.17. The minimum Gasteiger partial charge on any atom is -0.212 e.